The fourth-order valence-corrected chi connectivity index (χ4v) is 5.39. The fraction of sp³-hybridized carbons (Fsp3) is 0.500. The van der Waals surface area contributed by atoms with Crippen molar-refractivity contribution in [3.63, 3.8) is 0 Å². The lowest BCUT2D eigenvalue weighted by molar-refractivity contribution is 0.0526. The smallest absolute Gasteiger partial charge is 0.341 e. The van der Waals surface area contributed by atoms with Crippen molar-refractivity contribution < 1.29 is 9.53 Å². The van der Waals surface area contributed by atoms with Crippen LogP contribution in [-0.4, -0.2) is 17.7 Å². The third kappa shape index (κ3) is 5.61. The van der Waals surface area contributed by atoms with Crippen molar-refractivity contribution in [2.24, 2.45) is 0 Å². The van der Waals surface area contributed by atoms with E-state index >= 15 is 0 Å². The maximum absolute atomic E-state index is 12.7. The number of thiophene rings is 1. The van der Waals surface area contributed by atoms with Crippen LogP contribution < -0.4 is 10.6 Å². The molecule has 0 saturated carbocycles. The van der Waals surface area contributed by atoms with Gasteiger partial charge >= 0.3 is 5.97 Å². The summed E-state index contributed by atoms with van der Waals surface area (Å²) in [5.41, 5.74) is 4.09. The van der Waals surface area contributed by atoms with Crippen LogP contribution in [0.25, 0.3) is 0 Å². The van der Waals surface area contributed by atoms with Gasteiger partial charge in [0, 0.05) is 10.6 Å². The predicted molar refractivity (Wildman–Crippen MR) is 131 cm³/mol. The van der Waals surface area contributed by atoms with E-state index in [1.807, 2.05) is 6.92 Å². The third-order valence-corrected chi connectivity index (χ3v) is 7.14. The molecular weight excluding hydrogens is 412 g/mol. The number of fused-ring (bicyclic) bond motifs is 1. The topological polar surface area (TPSA) is 50.4 Å². The van der Waals surface area contributed by atoms with Crippen molar-refractivity contribution in [2.45, 2.75) is 71.6 Å². The van der Waals surface area contributed by atoms with Crippen molar-refractivity contribution in [2.75, 3.05) is 17.2 Å². The summed E-state index contributed by atoms with van der Waals surface area (Å²) in [6.07, 6.45) is 7.81. The zero-order valence-electron chi connectivity index (χ0n) is 18.2. The Bertz CT molecular complexity index is 874. The van der Waals surface area contributed by atoms with Crippen LogP contribution in [-0.2, 0) is 17.6 Å². The minimum Gasteiger partial charge on any atom is -0.462 e. The Morgan fingerprint density at radius 3 is 2.47 bits per heavy atom. The van der Waals surface area contributed by atoms with E-state index in [9.17, 15) is 4.79 Å². The van der Waals surface area contributed by atoms with Gasteiger partial charge in [-0.25, -0.2) is 4.79 Å². The molecule has 0 spiro atoms. The van der Waals surface area contributed by atoms with E-state index in [0.717, 1.165) is 41.9 Å². The van der Waals surface area contributed by atoms with Crippen LogP contribution in [0.15, 0.2) is 24.3 Å². The van der Waals surface area contributed by atoms with Crippen LogP contribution in [0.2, 0.25) is 0 Å². The average Bonchev–Trinajstić information content (AvgIpc) is 3.04. The Labute approximate surface area is 189 Å². The Hall–Kier alpha value is -1.92. The molecule has 2 N–H and O–H groups in total. The van der Waals surface area contributed by atoms with Crippen LogP contribution in [0.4, 0.5) is 10.7 Å². The molecule has 6 heteroatoms. The SMILES string of the molecule is CCOC(=O)c1c(NC(=S)Nc2ccc([C@@H](C)CC)cc2)sc2c1CCCCCC2. The molecule has 0 amide bonds. The number of carbonyl (C=O) groups is 1. The number of ether oxygens (including phenoxy) is 1. The molecule has 0 saturated heterocycles. The summed E-state index contributed by atoms with van der Waals surface area (Å²) in [6.45, 7) is 6.64. The van der Waals surface area contributed by atoms with Crippen LogP contribution in [0.5, 0.6) is 0 Å². The first-order valence-electron chi connectivity index (χ1n) is 11.0. The lowest BCUT2D eigenvalue weighted by Crippen LogP contribution is -2.20. The van der Waals surface area contributed by atoms with Gasteiger partial charge < -0.3 is 15.4 Å². The molecule has 30 heavy (non-hydrogen) atoms. The second-order valence-corrected chi connectivity index (χ2v) is 9.37. The molecule has 1 aliphatic rings. The minimum atomic E-state index is -0.251. The number of hydrogen-bond donors (Lipinski definition) is 2. The van der Waals surface area contributed by atoms with Gasteiger partial charge in [-0.2, -0.15) is 0 Å². The summed E-state index contributed by atoms with van der Waals surface area (Å²) < 4.78 is 5.38. The van der Waals surface area contributed by atoms with E-state index in [0.29, 0.717) is 23.2 Å². The van der Waals surface area contributed by atoms with Gasteiger partial charge in [-0.1, -0.05) is 38.8 Å². The maximum atomic E-state index is 12.7. The lowest BCUT2D eigenvalue weighted by atomic mass is 9.96. The number of rotatable bonds is 6. The van der Waals surface area contributed by atoms with Gasteiger partial charge in [0.1, 0.15) is 5.00 Å². The molecule has 0 bridgehead atoms. The summed E-state index contributed by atoms with van der Waals surface area (Å²) in [7, 11) is 0. The predicted octanol–water partition coefficient (Wildman–Crippen LogP) is 6.91. The number of benzene rings is 1. The molecule has 1 heterocycles. The van der Waals surface area contributed by atoms with E-state index < -0.39 is 0 Å². The summed E-state index contributed by atoms with van der Waals surface area (Å²) in [4.78, 5) is 14.0. The Balaban J connectivity index is 1.78. The van der Waals surface area contributed by atoms with Gasteiger partial charge in [-0.15, -0.1) is 11.3 Å². The third-order valence-electron chi connectivity index (χ3n) is 5.73. The Morgan fingerprint density at radius 1 is 1.10 bits per heavy atom. The summed E-state index contributed by atoms with van der Waals surface area (Å²) in [5, 5.41) is 7.83. The van der Waals surface area contributed by atoms with Gasteiger partial charge in [-0.3, -0.25) is 0 Å². The lowest BCUT2D eigenvalue weighted by Gasteiger charge is -2.13. The van der Waals surface area contributed by atoms with E-state index in [4.69, 9.17) is 17.0 Å². The fourth-order valence-electron chi connectivity index (χ4n) is 3.82. The first-order valence-corrected chi connectivity index (χ1v) is 12.3. The summed E-state index contributed by atoms with van der Waals surface area (Å²) >= 11 is 7.21. The Morgan fingerprint density at radius 2 is 1.80 bits per heavy atom. The number of thiocarbonyl (C=S) groups is 1. The van der Waals surface area contributed by atoms with Gasteiger partial charge in [0.15, 0.2) is 5.11 Å². The molecule has 1 aliphatic carbocycles. The molecule has 3 rings (SSSR count). The highest BCUT2D eigenvalue weighted by molar-refractivity contribution is 7.80. The van der Waals surface area contributed by atoms with Crippen LogP contribution in [0.1, 0.15) is 85.2 Å². The monoisotopic (exact) mass is 444 g/mol. The Kier molecular flexibility index (Phi) is 8.28. The van der Waals surface area contributed by atoms with Crippen LogP contribution >= 0.6 is 23.6 Å². The molecule has 162 valence electrons. The molecule has 0 radical (unpaired) electrons. The highest BCUT2D eigenvalue weighted by Crippen LogP contribution is 2.37. The van der Waals surface area contributed by atoms with Crippen molar-refractivity contribution in [3.8, 4) is 0 Å². The van der Waals surface area contributed by atoms with E-state index in [1.165, 1.54) is 29.7 Å². The van der Waals surface area contributed by atoms with Gasteiger partial charge in [-0.05, 0) is 80.4 Å². The molecule has 2 aromatic rings. The number of hydrogen-bond acceptors (Lipinski definition) is 4. The van der Waals surface area contributed by atoms with E-state index in [-0.39, 0.29) is 5.97 Å². The summed E-state index contributed by atoms with van der Waals surface area (Å²) in [5.74, 6) is 0.292. The molecule has 0 aliphatic heterocycles. The van der Waals surface area contributed by atoms with Gasteiger partial charge in [0.05, 0.1) is 12.2 Å². The van der Waals surface area contributed by atoms with Crippen LogP contribution in [0.3, 0.4) is 0 Å². The molecule has 1 aromatic heterocycles. The highest BCUT2D eigenvalue weighted by Gasteiger charge is 2.25. The van der Waals surface area contributed by atoms with Crippen molar-refractivity contribution in [1.82, 2.24) is 0 Å². The van der Waals surface area contributed by atoms with E-state index in [2.05, 4.69) is 48.7 Å². The van der Waals surface area contributed by atoms with Gasteiger partial charge in [0.25, 0.3) is 0 Å². The van der Waals surface area contributed by atoms with Gasteiger partial charge in [0.2, 0.25) is 0 Å². The molecule has 0 unspecified atom stereocenters. The second-order valence-electron chi connectivity index (χ2n) is 7.85. The zero-order chi connectivity index (χ0) is 21.5. The number of nitrogens with one attached hydrogen (secondary N) is 2. The number of carbonyl (C=O) groups excluding carboxylic acids is 1. The molecule has 1 aromatic carbocycles. The summed E-state index contributed by atoms with van der Waals surface area (Å²) in [6, 6.07) is 8.38. The highest BCUT2D eigenvalue weighted by atomic mass is 32.1. The molecule has 4 nitrogen and oxygen atoms in total. The first kappa shape index (κ1) is 22.8. The molecule has 1 atom stereocenters. The van der Waals surface area contributed by atoms with E-state index in [1.54, 1.807) is 11.3 Å². The largest absolute Gasteiger partial charge is 0.462 e. The minimum absolute atomic E-state index is 0.251. The van der Waals surface area contributed by atoms with Crippen LogP contribution in [0, 0.1) is 0 Å². The standard InChI is InChI=1S/C24H32N2O2S2/c1-4-16(3)17-12-14-18(15-13-17)25-24(29)26-22-21(23(27)28-5-2)19-10-8-6-7-9-11-20(19)30-22/h12-16H,4-11H2,1-3H3,(H2,25,26,29)/t16-/m0/s1. The molecule has 0 fully saturated rings. The quantitative estimate of drug-likeness (QED) is 0.375. The zero-order valence-corrected chi connectivity index (χ0v) is 19.8. The maximum Gasteiger partial charge on any atom is 0.341 e. The molecular formula is C24H32N2O2S2. The average molecular weight is 445 g/mol. The van der Waals surface area contributed by atoms with Crippen molar-refractivity contribution in [3.05, 3.63) is 45.8 Å². The number of anilines is 2. The number of esters is 1. The number of aryl methyl sites for hydroxylation is 1. The van der Waals surface area contributed by atoms with Crippen molar-refractivity contribution >= 4 is 45.3 Å². The second kappa shape index (κ2) is 10.9. The first-order chi connectivity index (χ1) is 14.5. The normalized spacial score (nSPS) is 14.8. The van der Waals surface area contributed by atoms with Crippen molar-refractivity contribution in [1.29, 1.82) is 0 Å².